The van der Waals surface area contributed by atoms with Crippen LogP contribution in [-0.4, -0.2) is 21.1 Å². The lowest BCUT2D eigenvalue weighted by Crippen LogP contribution is -2.24. The first kappa shape index (κ1) is 11.3. The van der Waals surface area contributed by atoms with E-state index in [1.165, 1.54) is 0 Å². The smallest absolute Gasteiger partial charge is 0.224 e. The van der Waals surface area contributed by atoms with Crippen molar-refractivity contribution in [2.75, 3.05) is 0 Å². The summed E-state index contributed by atoms with van der Waals surface area (Å²) in [5.41, 5.74) is 2.89. The van der Waals surface area contributed by atoms with E-state index < -0.39 is 0 Å². The Kier molecular flexibility index (Phi) is 3.49. The van der Waals surface area contributed by atoms with Crippen molar-refractivity contribution in [3.05, 3.63) is 47.5 Å². The Morgan fingerprint density at radius 3 is 3.00 bits per heavy atom. The van der Waals surface area contributed by atoms with Crippen molar-refractivity contribution in [3.8, 4) is 0 Å². The quantitative estimate of drug-likeness (QED) is 0.822. The Hall–Kier alpha value is -2.17. The average Bonchev–Trinajstić information content (AvgIpc) is 2.74. The van der Waals surface area contributed by atoms with Crippen LogP contribution < -0.4 is 5.32 Å². The molecule has 0 saturated carbocycles. The lowest BCUT2D eigenvalue weighted by molar-refractivity contribution is -0.120. The minimum Gasteiger partial charge on any atom is -0.352 e. The van der Waals surface area contributed by atoms with Crippen LogP contribution in [-0.2, 0) is 17.8 Å². The number of pyridine rings is 1. The fraction of sp³-hybridized carbons (Fsp3) is 0.250. The van der Waals surface area contributed by atoms with Gasteiger partial charge in [-0.3, -0.25) is 14.9 Å². The molecule has 0 atom stereocenters. The topological polar surface area (TPSA) is 70.7 Å². The van der Waals surface area contributed by atoms with Crippen LogP contribution in [0.1, 0.15) is 16.8 Å². The zero-order valence-corrected chi connectivity index (χ0v) is 9.60. The predicted molar refractivity (Wildman–Crippen MR) is 63.1 cm³/mol. The van der Waals surface area contributed by atoms with E-state index in [1.807, 2.05) is 19.1 Å². The van der Waals surface area contributed by atoms with E-state index in [0.717, 1.165) is 16.8 Å². The van der Waals surface area contributed by atoms with Gasteiger partial charge in [-0.1, -0.05) is 6.07 Å². The van der Waals surface area contributed by atoms with Crippen molar-refractivity contribution < 1.29 is 4.79 Å². The summed E-state index contributed by atoms with van der Waals surface area (Å²) in [7, 11) is 0. The molecule has 0 aromatic carbocycles. The van der Waals surface area contributed by atoms with Gasteiger partial charge in [0.25, 0.3) is 0 Å². The monoisotopic (exact) mass is 230 g/mol. The van der Waals surface area contributed by atoms with E-state index >= 15 is 0 Å². The molecule has 0 spiro atoms. The molecule has 88 valence electrons. The van der Waals surface area contributed by atoms with Crippen LogP contribution in [0, 0.1) is 6.92 Å². The van der Waals surface area contributed by atoms with Crippen molar-refractivity contribution in [2.24, 2.45) is 0 Å². The van der Waals surface area contributed by atoms with Crippen LogP contribution in [0.15, 0.2) is 30.7 Å². The van der Waals surface area contributed by atoms with Crippen LogP contribution in [0.3, 0.4) is 0 Å². The molecule has 2 aromatic heterocycles. The maximum absolute atomic E-state index is 11.6. The van der Waals surface area contributed by atoms with E-state index in [4.69, 9.17) is 0 Å². The van der Waals surface area contributed by atoms with Crippen molar-refractivity contribution in [2.45, 2.75) is 19.9 Å². The van der Waals surface area contributed by atoms with Gasteiger partial charge in [0.15, 0.2) is 0 Å². The Balaban J connectivity index is 1.84. The number of aryl methyl sites for hydroxylation is 1. The number of hydrogen-bond acceptors (Lipinski definition) is 3. The molecule has 5 nitrogen and oxygen atoms in total. The van der Waals surface area contributed by atoms with Crippen LogP contribution in [0.25, 0.3) is 0 Å². The van der Waals surface area contributed by atoms with Crippen molar-refractivity contribution in [1.82, 2.24) is 20.5 Å². The van der Waals surface area contributed by atoms with Gasteiger partial charge in [-0.05, 0) is 18.6 Å². The standard InChI is InChI=1S/C12H14N4O/c1-9-11(8-15-16-9)7-14-12(17)5-10-3-2-4-13-6-10/h2-4,6,8H,5,7H2,1H3,(H,14,17)(H,15,16). The average molecular weight is 230 g/mol. The summed E-state index contributed by atoms with van der Waals surface area (Å²) < 4.78 is 0. The minimum absolute atomic E-state index is 0.0152. The molecular weight excluding hydrogens is 216 g/mol. The maximum atomic E-state index is 11.6. The predicted octanol–water partition coefficient (Wildman–Crippen LogP) is 0.972. The Morgan fingerprint density at radius 1 is 1.47 bits per heavy atom. The molecule has 0 bridgehead atoms. The molecule has 5 heteroatoms. The van der Waals surface area contributed by atoms with Gasteiger partial charge < -0.3 is 5.32 Å². The molecule has 0 fully saturated rings. The second kappa shape index (κ2) is 5.25. The molecule has 0 aliphatic heterocycles. The molecular formula is C12H14N4O. The summed E-state index contributed by atoms with van der Waals surface area (Å²) >= 11 is 0. The molecule has 0 unspecified atom stereocenters. The fourth-order valence-electron chi connectivity index (χ4n) is 1.50. The molecule has 2 rings (SSSR count). The van der Waals surface area contributed by atoms with E-state index in [0.29, 0.717) is 13.0 Å². The molecule has 0 aliphatic rings. The van der Waals surface area contributed by atoms with Crippen LogP contribution in [0.5, 0.6) is 0 Å². The second-order valence-electron chi connectivity index (χ2n) is 3.84. The van der Waals surface area contributed by atoms with Gasteiger partial charge in [0.05, 0.1) is 12.6 Å². The number of rotatable bonds is 4. The molecule has 0 aliphatic carbocycles. The minimum atomic E-state index is -0.0152. The molecule has 0 saturated heterocycles. The van der Waals surface area contributed by atoms with Gasteiger partial charge >= 0.3 is 0 Å². The van der Waals surface area contributed by atoms with Gasteiger partial charge in [-0.2, -0.15) is 5.10 Å². The zero-order chi connectivity index (χ0) is 12.1. The second-order valence-corrected chi connectivity index (χ2v) is 3.84. The van der Waals surface area contributed by atoms with Crippen molar-refractivity contribution in [3.63, 3.8) is 0 Å². The number of hydrogen-bond donors (Lipinski definition) is 2. The molecule has 2 N–H and O–H groups in total. The summed E-state index contributed by atoms with van der Waals surface area (Å²) in [6.45, 7) is 2.43. The number of nitrogens with one attached hydrogen (secondary N) is 2. The SMILES string of the molecule is Cc1[nH]ncc1CNC(=O)Cc1cccnc1. The zero-order valence-electron chi connectivity index (χ0n) is 9.60. The first-order chi connectivity index (χ1) is 8.25. The Bertz CT molecular complexity index is 492. The first-order valence-electron chi connectivity index (χ1n) is 5.40. The van der Waals surface area contributed by atoms with Crippen LogP contribution in [0.2, 0.25) is 0 Å². The van der Waals surface area contributed by atoms with E-state index in [1.54, 1.807) is 18.6 Å². The van der Waals surface area contributed by atoms with Crippen LogP contribution >= 0.6 is 0 Å². The van der Waals surface area contributed by atoms with Crippen LogP contribution in [0.4, 0.5) is 0 Å². The molecule has 17 heavy (non-hydrogen) atoms. The number of nitrogens with zero attached hydrogens (tertiary/aromatic N) is 2. The van der Waals surface area contributed by atoms with Crippen molar-refractivity contribution >= 4 is 5.91 Å². The largest absolute Gasteiger partial charge is 0.352 e. The number of H-pyrrole nitrogens is 1. The molecule has 2 heterocycles. The molecule has 1 amide bonds. The van der Waals surface area contributed by atoms with Crippen molar-refractivity contribution in [1.29, 1.82) is 0 Å². The van der Waals surface area contributed by atoms with Gasteiger partial charge in [0.1, 0.15) is 0 Å². The lowest BCUT2D eigenvalue weighted by Gasteiger charge is -2.04. The van der Waals surface area contributed by atoms with E-state index in [2.05, 4.69) is 20.5 Å². The number of amides is 1. The fourth-order valence-corrected chi connectivity index (χ4v) is 1.50. The summed E-state index contributed by atoms with van der Waals surface area (Å²) in [5, 5.41) is 9.58. The highest BCUT2D eigenvalue weighted by Crippen LogP contribution is 2.02. The van der Waals surface area contributed by atoms with Gasteiger partial charge in [-0.15, -0.1) is 0 Å². The summed E-state index contributed by atoms with van der Waals surface area (Å²) in [6.07, 6.45) is 5.46. The van der Waals surface area contributed by atoms with Gasteiger partial charge in [0.2, 0.25) is 5.91 Å². The highest BCUT2D eigenvalue weighted by molar-refractivity contribution is 5.78. The highest BCUT2D eigenvalue weighted by atomic mass is 16.1. The lowest BCUT2D eigenvalue weighted by atomic mass is 10.2. The normalized spacial score (nSPS) is 10.2. The summed E-state index contributed by atoms with van der Waals surface area (Å²) in [5.74, 6) is -0.0152. The third-order valence-corrected chi connectivity index (χ3v) is 2.50. The number of carbonyl (C=O) groups excluding carboxylic acids is 1. The summed E-state index contributed by atoms with van der Waals surface area (Å²) in [4.78, 5) is 15.6. The number of aromatic amines is 1. The van der Waals surface area contributed by atoms with E-state index in [-0.39, 0.29) is 5.91 Å². The van der Waals surface area contributed by atoms with Gasteiger partial charge in [0, 0.05) is 30.2 Å². The first-order valence-corrected chi connectivity index (χ1v) is 5.40. The number of carbonyl (C=O) groups is 1. The Morgan fingerprint density at radius 2 is 2.35 bits per heavy atom. The highest BCUT2D eigenvalue weighted by Gasteiger charge is 2.05. The third kappa shape index (κ3) is 3.14. The number of aromatic nitrogens is 3. The third-order valence-electron chi connectivity index (χ3n) is 2.50. The molecule has 0 radical (unpaired) electrons. The van der Waals surface area contributed by atoms with E-state index in [9.17, 15) is 4.79 Å². The molecule has 2 aromatic rings. The summed E-state index contributed by atoms with van der Waals surface area (Å²) in [6, 6.07) is 3.71. The van der Waals surface area contributed by atoms with Gasteiger partial charge in [-0.25, -0.2) is 0 Å². The maximum Gasteiger partial charge on any atom is 0.224 e. The Labute approximate surface area is 99.3 Å².